The van der Waals surface area contributed by atoms with Gasteiger partial charge in [0.05, 0.1) is 17.1 Å². The van der Waals surface area contributed by atoms with Gasteiger partial charge in [0.2, 0.25) is 0 Å². The Morgan fingerprint density at radius 3 is 2.69 bits per heavy atom. The van der Waals surface area contributed by atoms with E-state index in [0.29, 0.717) is 11.4 Å². The molecule has 0 aliphatic rings. The van der Waals surface area contributed by atoms with E-state index in [2.05, 4.69) is 38.7 Å². The van der Waals surface area contributed by atoms with Gasteiger partial charge in [-0.3, -0.25) is 0 Å². The topological polar surface area (TPSA) is 58.4 Å². The van der Waals surface area contributed by atoms with Crippen molar-refractivity contribution in [3.63, 3.8) is 0 Å². The van der Waals surface area contributed by atoms with Crippen molar-refractivity contribution in [2.75, 3.05) is 32.5 Å². The molecular formula is C22H23ClN6. The summed E-state index contributed by atoms with van der Waals surface area (Å²) in [5.74, 6) is 0.832. The fourth-order valence-electron chi connectivity index (χ4n) is 3.22. The minimum atomic E-state index is 0.647. The molecule has 148 valence electrons. The second-order valence-electron chi connectivity index (χ2n) is 7.14. The Morgan fingerprint density at radius 1 is 1.07 bits per heavy atom. The van der Waals surface area contributed by atoms with Crippen LogP contribution in [0.5, 0.6) is 0 Å². The molecule has 0 saturated carbocycles. The summed E-state index contributed by atoms with van der Waals surface area (Å²) in [5, 5.41) is 4.07. The van der Waals surface area contributed by atoms with Crippen LogP contribution in [-0.4, -0.2) is 51.4 Å². The van der Waals surface area contributed by atoms with E-state index < -0.39 is 0 Å². The monoisotopic (exact) mass is 406 g/mol. The summed E-state index contributed by atoms with van der Waals surface area (Å²) in [7, 11) is 4.10. The molecule has 4 rings (SSSR count). The van der Waals surface area contributed by atoms with E-state index in [1.807, 2.05) is 54.7 Å². The highest BCUT2D eigenvalue weighted by molar-refractivity contribution is 6.30. The van der Waals surface area contributed by atoms with Crippen molar-refractivity contribution < 1.29 is 0 Å². The van der Waals surface area contributed by atoms with Crippen LogP contribution in [0.15, 0.2) is 61.1 Å². The number of halogens is 1. The maximum absolute atomic E-state index is 6.07. The summed E-state index contributed by atoms with van der Waals surface area (Å²) in [6.45, 7) is 1.77. The molecule has 3 heterocycles. The predicted molar refractivity (Wildman–Crippen MR) is 118 cm³/mol. The van der Waals surface area contributed by atoms with Crippen LogP contribution in [-0.2, 0) is 6.42 Å². The summed E-state index contributed by atoms with van der Waals surface area (Å²) < 4.78 is 2.12. The van der Waals surface area contributed by atoms with Crippen LogP contribution in [0.4, 0.5) is 5.82 Å². The average Bonchev–Trinajstić information content (AvgIpc) is 3.07. The van der Waals surface area contributed by atoms with Crippen LogP contribution >= 0.6 is 11.6 Å². The average molecular weight is 407 g/mol. The smallest absolute Gasteiger partial charge is 0.137 e. The third-order valence-electron chi connectivity index (χ3n) is 4.68. The summed E-state index contributed by atoms with van der Waals surface area (Å²) in [6.07, 6.45) is 4.29. The van der Waals surface area contributed by atoms with Crippen LogP contribution in [0, 0.1) is 0 Å². The number of fused-ring (bicyclic) bond motifs is 1. The molecule has 7 heteroatoms. The van der Waals surface area contributed by atoms with Gasteiger partial charge in [-0.05, 0) is 38.4 Å². The van der Waals surface area contributed by atoms with Crippen LogP contribution in [0.2, 0.25) is 5.02 Å². The fraction of sp³-hybridized carbons (Fsp3) is 0.227. The van der Waals surface area contributed by atoms with Gasteiger partial charge in [-0.2, -0.15) is 0 Å². The quantitative estimate of drug-likeness (QED) is 0.502. The number of rotatable bonds is 7. The maximum atomic E-state index is 6.07. The molecule has 3 aromatic heterocycles. The Labute approximate surface area is 175 Å². The normalized spacial score (nSPS) is 11.3. The second-order valence-corrected chi connectivity index (χ2v) is 7.58. The summed E-state index contributed by atoms with van der Waals surface area (Å²) in [5.41, 5.74) is 4.90. The van der Waals surface area contributed by atoms with Gasteiger partial charge in [0.1, 0.15) is 17.8 Å². The van der Waals surface area contributed by atoms with Crippen LogP contribution in [0.25, 0.3) is 16.9 Å². The van der Waals surface area contributed by atoms with E-state index in [-0.39, 0.29) is 0 Å². The molecule has 0 aliphatic carbocycles. The van der Waals surface area contributed by atoms with Crippen molar-refractivity contribution in [3.05, 3.63) is 77.5 Å². The van der Waals surface area contributed by atoms with E-state index in [0.717, 1.165) is 47.2 Å². The molecule has 6 nitrogen and oxygen atoms in total. The van der Waals surface area contributed by atoms with Crippen LogP contribution in [0.1, 0.15) is 11.4 Å². The number of anilines is 1. The van der Waals surface area contributed by atoms with Crippen molar-refractivity contribution in [1.29, 1.82) is 0 Å². The molecule has 0 bridgehead atoms. The Hall–Kier alpha value is -2.96. The van der Waals surface area contributed by atoms with Gasteiger partial charge in [0.15, 0.2) is 0 Å². The number of imidazole rings is 1. The standard InChI is InChI=1S/C22H23ClN6/c1-28(2)12-10-24-20-14-18(25-15-26-20)13-19-22(16-6-8-17(23)9-7-16)27-21-5-3-4-11-29(19)21/h3-9,11,14-15H,10,12-13H2,1-2H3,(H,24,25,26). The van der Waals surface area contributed by atoms with Gasteiger partial charge < -0.3 is 14.6 Å². The van der Waals surface area contributed by atoms with Crippen LogP contribution in [0.3, 0.4) is 0 Å². The van der Waals surface area contributed by atoms with Gasteiger partial charge in [-0.25, -0.2) is 15.0 Å². The first-order valence-electron chi connectivity index (χ1n) is 9.51. The zero-order chi connectivity index (χ0) is 20.2. The van der Waals surface area contributed by atoms with E-state index in [1.165, 1.54) is 0 Å². The third-order valence-corrected chi connectivity index (χ3v) is 4.94. The number of nitrogens with one attached hydrogen (secondary N) is 1. The van der Waals surface area contributed by atoms with Crippen molar-refractivity contribution >= 4 is 23.1 Å². The number of aromatic nitrogens is 4. The fourth-order valence-corrected chi connectivity index (χ4v) is 3.35. The number of benzene rings is 1. The van der Waals surface area contributed by atoms with E-state index in [1.54, 1.807) is 6.33 Å². The van der Waals surface area contributed by atoms with Crippen molar-refractivity contribution in [2.45, 2.75) is 6.42 Å². The van der Waals surface area contributed by atoms with Gasteiger partial charge in [-0.15, -0.1) is 0 Å². The third kappa shape index (κ3) is 4.55. The first-order chi connectivity index (χ1) is 14.1. The highest BCUT2D eigenvalue weighted by atomic mass is 35.5. The largest absolute Gasteiger partial charge is 0.369 e. The summed E-state index contributed by atoms with van der Waals surface area (Å²) in [4.78, 5) is 15.8. The molecule has 0 amide bonds. The van der Waals surface area contributed by atoms with Crippen molar-refractivity contribution in [1.82, 2.24) is 24.3 Å². The Morgan fingerprint density at radius 2 is 1.90 bits per heavy atom. The van der Waals surface area contributed by atoms with Gasteiger partial charge in [0.25, 0.3) is 0 Å². The molecule has 0 unspecified atom stereocenters. The molecule has 0 aliphatic heterocycles. The minimum Gasteiger partial charge on any atom is -0.369 e. The molecule has 0 atom stereocenters. The Balaban J connectivity index is 1.67. The van der Waals surface area contributed by atoms with Crippen LogP contribution < -0.4 is 5.32 Å². The predicted octanol–water partition coefficient (Wildman–Crippen LogP) is 4.01. The van der Waals surface area contributed by atoms with E-state index >= 15 is 0 Å². The first kappa shape index (κ1) is 19.4. The number of hydrogen-bond donors (Lipinski definition) is 1. The molecule has 0 saturated heterocycles. The first-order valence-corrected chi connectivity index (χ1v) is 9.89. The molecule has 1 aromatic carbocycles. The zero-order valence-corrected chi connectivity index (χ0v) is 17.3. The van der Waals surface area contributed by atoms with Crippen molar-refractivity contribution in [2.24, 2.45) is 0 Å². The number of nitrogens with zero attached hydrogens (tertiary/aromatic N) is 5. The van der Waals surface area contributed by atoms with E-state index in [9.17, 15) is 0 Å². The minimum absolute atomic E-state index is 0.647. The lowest BCUT2D eigenvalue weighted by Gasteiger charge is -2.11. The molecule has 29 heavy (non-hydrogen) atoms. The molecular weight excluding hydrogens is 384 g/mol. The number of hydrogen-bond acceptors (Lipinski definition) is 5. The van der Waals surface area contributed by atoms with E-state index in [4.69, 9.17) is 16.6 Å². The van der Waals surface area contributed by atoms with Gasteiger partial charge in [0, 0.05) is 42.4 Å². The summed E-state index contributed by atoms with van der Waals surface area (Å²) in [6, 6.07) is 15.8. The SMILES string of the molecule is CN(C)CCNc1cc(Cc2c(-c3ccc(Cl)cc3)nc3ccccn23)ncn1. The highest BCUT2D eigenvalue weighted by Gasteiger charge is 2.15. The molecule has 1 N–H and O–H groups in total. The lowest BCUT2D eigenvalue weighted by Crippen LogP contribution is -2.21. The number of pyridine rings is 1. The number of likely N-dealkylation sites (N-methyl/N-ethyl adjacent to an activating group) is 1. The second kappa shape index (κ2) is 8.59. The molecule has 0 spiro atoms. The lowest BCUT2D eigenvalue weighted by atomic mass is 10.1. The molecule has 0 fully saturated rings. The Bertz CT molecular complexity index is 1100. The lowest BCUT2D eigenvalue weighted by molar-refractivity contribution is 0.425. The Kier molecular flexibility index (Phi) is 5.74. The zero-order valence-electron chi connectivity index (χ0n) is 16.5. The molecule has 0 radical (unpaired) electrons. The summed E-state index contributed by atoms with van der Waals surface area (Å²) >= 11 is 6.07. The maximum Gasteiger partial charge on any atom is 0.137 e. The highest BCUT2D eigenvalue weighted by Crippen LogP contribution is 2.27. The van der Waals surface area contributed by atoms with Crippen molar-refractivity contribution in [3.8, 4) is 11.3 Å². The van der Waals surface area contributed by atoms with Gasteiger partial charge in [-0.1, -0.05) is 29.8 Å². The molecule has 4 aromatic rings. The van der Waals surface area contributed by atoms with Gasteiger partial charge >= 0.3 is 0 Å².